The quantitative estimate of drug-likeness (QED) is 0.737. The van der Waals surface area contributed by atoms with E-state index in [-0.39, 0.29) is 23.8 Å². The van der Waals surface area contributed by atoms with Crippen LogP contribution in [0, 0.1) is 5.92 Å². The average molecular weight is 377 g/mol. The van der Waals surface area contributed by atoms with Gasteiger partial charge in [0.1, 0.15) is 0 Å². The van der Waals surface area contributed by atoms with Crippen LogP contribution in [0.1, 0.15) is 36.4 Å². The van der Waals surface area contributed by atoms with E-state index in [4.69, 9.17) is 23.2 Å². The first kappa shape index (κ1) is 18.2. The summed E-state index contributed by atoms with van der Waals surface area (Å²) in [5.41, 5.74) is 2.22. The zero-order valence-corrected chi connectivity index (χ0v) is 16.1. The molecule has 0 bridgehead atoms. The number of carbonyl (C=O) groups excluding carboxylic acids is 1. The van der Waals surface area contributed by atoms with Crippen molar-refractivity contribution in [1.82, 2.24) is 10.0 Å². The topological polar surface area (TPSA) is 23.6 Å². The van der Waals surface area contributed by atoms with Gasteiger partial charge in [0.05, 0.1) is 6.04 Å². The van der Waals surface area contributed by atoms with Crippen LogP contribution < -0.4 is 0 Å². The van der Waals surface area contributed by atoms with Crippen molar-refractivity contribution in [3.05, 3.63) is 69.7 Å². The minimum atomic E-state index is -0.0885. The van der Waals surface area contributed by atoms with Gasteiger partial charge in [-0.25, -0.2) is 5.01 Å². The molecule has 0 N–H and O–H groups in total. The van der Waals surface area contributed by atoms with Crippen molar-refractivity contribution in [3.8, 4) is 0 Å². The molecule has 0 spiro atoms. The smallest absolute Gasteiger partial charge is 0.240 e. The van der Waals surface area contributed by atoms with Crippen molar-refractivity contribution in [1.29, 1.82) is 0 Å². The molecule has 0 saturated carbocycles. The van der Waals surface area contributed by atoms with Crippen molar-refractivity contribution in [3.63, 3.8) is 0 Å². The lowest BCUT2D eigenvalue weighted by atomic mass is 9.77. The standard InChI is InChI=1S/C20H22Cl2N2O/c1-13-11-18(15-5-4-6-17(22)12-15)19(24(20(13)25)23(2)3)14-7-9-16(21)10-8-14/h4-10,12-13,18-19H,11H2,1-3H3. The van der Waals surface area contributed by atoms with Gasteiger partial charge in [0.2, 0.25) is 5.91 Å². The third-order valence-corrected chi connectivity index (χ3v) is 5.31. The predicted molar refractivity (Wildman–Crippen MR) is 103 cm³/mol. The zero-order chi connectivity index (χ0) is 18.1. The van der Waals surface area contributed by atoms with Gasteiger partial charge in [0.25, 0.3) is 0 Å². The molecule has 3 atom stereocenters. The molecule has 1 fully saturated rings. The van der Waals surface area contributed by atoms with E-state index in [0.717, 1.165) is 17.5 Å². The van der Waals surface area contributed by atoms with Crippen LogP contribution in [0.5, 0.6) is 0 Å². The Kier molecular flexibility index (Phi) is 5.38. The monoisotopic (exact) mass is 376 g/mol. The normalized spacial score (nSPS) is 24.0. The Labute approximate surface area is 159 Å². The van der Waals surface area contributed by atoms with E-state index in [1.807, 2.05) is 73.5 Å². The first-order valence-corrected chi connectivity index (χ1v) is 9.15. The van der Waals surface area contributed by atoms with Crippen molar-refractivity contribution < 1.29 is 4.79 Å². The molecule has 5 heteroatoms. The summed E-state index contributed by atoms with van der Waals surface area (Å²) in [6.45, 7) is 1.99. The molecular weight excluding hydrogens is 355 g/mol. The van der Waals surface area contributed by atoms with Gasteiger partial charge in [-0.1, -0.05) is 54.4 Å². The first-order chi connectivity index (χ1) is 11.9. The molecular formula is C20H22Cl2N2O. The highest BCUT2D eigenvalue weighted by Gasteiger charge is 2.42. The number of piperidine rings is 1. The van der Waals surface area contributed by atoms with Gasteiger partial charge >= 0.3 is 0 Å². The van der Waals surface area contributed by atoms with E-state index in [0.29, 0.717) is 10.0 Å². The third kappa shape index (κ3) is 3.69. The van der Waals surface area contributed by atoms with Gasteiger partial charge in [0, 0.05) is 36.0 Å². The number of carbonyl (C=O) groups is 1. The fourth-order valence-corrected chi connectivity index (χ4v) is 4.00. The van der Waals surface area contributed by atoms with Gasteiger partial charge in [-0.2, -0.15) is 0 Å². The Hall–Kier alpha value is -1.55. The van der Waals surface area contributed by atoms with Crippen molar-refractivity contribution in [2.75, 3.05) is 14.1 Å². The Bertz CT molecular complexity index is 761. The van der Waals surface area contributed by atoms with Crippen LogP contribution in [0.15, 0.2) is 48.5 Å². The molecule has 2 aromatic rings. The van der Waals surface area contributed by atoms with Gasteiger partial charge < -0.3 is 0 Å². The highest BCUT2D eigenvalue weighted by Crippen LogP contribution is 2.45. The zero-order valence-electron chi connectivity index (χ0n) is 14.6. The van der Waals surface area contributed by atoms with Crippen LogP contribution in [0.3, 0.4) is 0 Å². The highest BCUT2D eigenvalue weighted by molar-refractivity contribution is 6.30. The summed E-state index contributed by atoms with van der Waals surface area (Å²) in [6.07, 6.45) is 0.789. The molecule has 1 aliphatic rings. The maximum atomic E-state index is 12.9. The maximum absolute atomic E-state index is 12.9. The number of nitrogens with zero attached hydrogens (tertiary/aromatic N) is 2. The van der Waals surface area contributed by atoms with Crippen LogP contribution in [0.2, 0.25) is 10.0 Å². The van der Waals surface area contributed by atoms with Gasteiger partial charge in [-0.15, -0.1) is 0 Å². The highest BCUT2D eigenvalue weighted by atomic mass is 35.5. The number of rotatable bonds is 3. The summed E-state index contributed by atoms with van der Waals surface area (Å²) in [5, 5.41) is 5.15. The molecule has 132 valence electrons. The molecule has 0 aromatic heterocycles. The molecule has 2 aromatic carbocycles. The summed E-state index contributed by atoms with van der Waals surface area (Å²) in [5.74, 6) is 0.258. The number of halogens is 2. The molecule has 0 aliphatic carbocycles. The van der Waals surface area contributed by atoms with E-state index < -0.39 is 0 Å². The second-order valence-electron chi connectivity index (χ2n) is 6.82. The van der Waals surface area contributed by atoms with Crippen LogP contribution in [-0.4, -0.2) is 30.0 Å². The SMILES string of the molecule is CC1CC(c2cccc(Cl)c2)C(c2ccc(Cl)cc2)N(N(C)C)C1=O. The van der Waals surface area contributed by atoms with E-state index in [1.165, 1.54) is 0 Å². The predicted octanol–water partition coefficient (Wildman–Crippen LogP) is 5.16. The molecule has 25 heavy (non-hydrogen) atoms. The largest absolute Gasteiger partial charge is 0.273 e. The Balaban J connectivity index is 2.12. The molecule has 3 rings (SSSR count). The second kappa shape index (κ2) is 7.36. The molecule has 1 amide bonds. The lowest BCUT2D eigenvalue weighted by molar-refractivity contribution is -0.162. The minimum absolute atomic E-state index is 0.0464. The van der Waals surface area contributed by atoms with Crippen molar-refractivity contribution >= 4 is 29.1 Å². The summed E-state index contributed by atoms with van der Waals surface area (Å²) in [4.78, 5) is 12.9. The van der Waals surface area contributed by atoms with Crippen LogP contribution in [0.25, 0.3) is 0 Å². The lowest BCUT2D eigenvalue weighted by Gasteiger charge is -2.46. The molecule has 1 saturated heterocycles. The van der Waals surface area contributed by atoms with E-state index >= 15 is 0 Å². The first-order valence-electron chi connectivity index (χ1n) is 8.39. The van der Waals surface area contributed by atoms with E-state index in [9.17, 15) is 4.79 Å². The second-order valence-corrected chi connectivity index (χ2v) is 7.70. The maximum Gasteiger partial charge on any atom is 0.240 e. The molecule has 0 radical (unpaired) electrons. The molecule has 1 aliphatic heterocycles. The Morgan fingerprint density at radius 1 is 1.00 bits per heavy atom. The van der Waals surface area contributed by atoms with Crippen LogP contribution >= 0.6 is 23.2 Å². The van der Waals surface area contributed by atoms with Crippen molar-refractivity contribution in [2.45, 2.75) is 25.3 Å². The number of hydrogen-bond donors (Lipinski definition) is 0. The number of hydrazine groups is 1. The molecule has 3 unspecified atom stereocenters. The molecule has 1 heterocycles. The van der Waals surface area contributed by atoms with Gasteiger partial charge in [0.15, 0.2) is 0 Å². The third-order valence-electron chi connectivity index (χ3n) is 4.82. The van der Waals surface area contributed by atoms with Gasteiger partial charge in [-0.05, 0) is 41.8 Å². The Morgan fingerprint density at radius 2 is 1.68 bits per heavy atom. The van der Waals surface area contributed by atoms with E-state index in [2.05, 4.69) is 6.07 Å². The van der Waals surface area contributed by atoms with E-state index in [1.54, 1.807) is 0 Å². The number of amides is 1. The van der Waals surface area contributed by atoms with Crippen molar-refractivity contribution in [2.24, 2.45) is 5.92 Å². The van der Waals surface area contributed by atoms with Crippen LogP contribution in [-0.2, 0) is 4.79 Å². The fraction of sp³-hybridized carbons (Fsp3) is 0.350. The fourth-order valence-electron chi connectivity index (χ4n) is 3.68. The summed E-state index contributed by atoms with van der Waals surface area (Å²) in [6, 6.07) is 15.6. The van der Waals surface area contributed by atoms with Gasteiger partial charge in [-0.3, -0.25) is 9.80 Å². The number of hydrogen-bond acceptors (Lipinski definition) is 2. The summed E-state index contributed by atoms with van der Waals surface area (Å²) < 4.78 is 0. The average Bonchev–Trinajstić information content (AvgIpc) is 2.57. The summed E-state index contributed by atoms with van der Waals surface area (Å²) >= 11 is 12.3. The minimum Gasteiger partial charge on any atom is -0.273 e. The lowest BCUT2D eigenvalue weighted by Crippen LogP contribution is -2.52. The Morgan fingerprint density at radius 3 is 2.28 bits per heavy atom. The molecule has 3 nitrogen and oxygen atoms in total. The summed E-state index contributed by atoms with van der Waals surface area (Å²) in [7, 11) is 3.82. The van der Waals surface area contributed by atoms with Crippen LogP contribution in [0.4, 0.5) is 0 Å². The number of benzene rings is 2.